The Bertz CT molecular complexity index is 995. The number of nitrogens with zero attached hydrogens (tertiary/aromatic N) is 3. The predicted molar refractivity (Wildman–Crippen MR) is 138 cm³/mol. The molecule has 32 heavy (non-hydrogen) atoms. The maximum atomic E-state index is 2.63. The first-order valence-electron chi connectivity index (χ1n) is 12.7. The van der Waals surface area contributed by atoms with Gasteiger partial charge in [-0.05, 0) is 49.2 Å². The van der Waals surface area contributed by atoms with Crippen LogP contribution in [0.3, 0.4) is 0 Å². The van der Waals surface area contributed by atoms with Gasteiger partial charge in [-0.15, -0.1) is 0 Å². The van der Waals surface area contributed by atoms with Crippen molar-refractivity contribution in [1.82, 2.24) is 14.4 Å². The smallest absolute Gasteiger partial charge is 0.0484 e. The quantitative estimate of drug-likeness (QED) is 0.330. The molecule has 2 heterocycles. The molecule has 4 rings (SSSR count). The minimum Gasteiger partial charge on any atom is -0.347 e. The maximum absolute atomic E-state index is 2.63. The summed E-state index contributed by atoms with van der Waals surface area (Å²) in [5.74, 6) is 0. The van der Waals surface area contributed by atoms with Gasteiger partial charge in [-0.2, -0.15) is 0 Å². The van der Waals surface area contributed by atoms with E-state index in [1.54, 1.807) is 0 Å². The maximum Gasteiger partial charge on any atom is 0.0484 e. The third-order valence-electron chi connectivity index (χ3n) is 7.06. The Hall–Kier alpha value is -2.10. The molecule has 0 unspecified atom stereocenters. The van der Waals surface area contributed by atoms with Gasteiger partial charge >= 0.3 is 0 Å². The van der Waals surface area contributed by atoms with Gasteiger partial charge in [0.2, 0.25) is 0 Å². The van der Waals surface area contributed by atoms with E-state index in [1.807, 2.05) is 0 Å². The van der Waals surface area contributed by atoms with Crippen LogP contribution in [0.25, 0.3) is 22.0 Å². The van der Waals surface area contributed by atoms with E-state index < -0.39 is 0 Å². The molecule has 0 spiro atoms. The van der Waals surface area contributed by atoms with Gasteiger partial charge in [0, 0.05) is 56.4 Å². The normalized spacial score (nSPS) is 15.6. The van der Waals surface area contributed by atoms with Gasteiger partial charge in [0.25, 0.3) is 0 Å². The van der Waals surface area contributed by atoms with Gasteiger partial charge in [-0.1, -0.05) is 74.9 Å². The molecule has 0 atom stereocenters. The number of unbranched alkanes of at least 4 members (excludes halogenated alkanes) is 5. The molecule has 1 aliphatic rings. The Labute approximate surface area is 195 Å². The zero-order valence-electron chi connectivity index (χ0n) is 20.4. The number of aryl methyl sites for hydroxylation is 2. The number of fused-ring (bicyclic) bond motifs is 1. The summed E-state index contributed by atoms with van der Waals surface area (Å²) in [5.41, 5.74) is 6.87. The van der Waals surface area contributed by atoms with Crippen LogP contribution in [0.2, 0.25) is 0 Å². The van der Waals surface area contributed by atoms with E-state index in [2.05, 4.69) is 83.9 Å². The first-order valence-corrected chi connectivity index (χ1v) is 12.7. The lowest BCUT2D eigenvalue weighted by molar-refractivity contribution is 0.148. The predicted octanol–water partition coefficient (Wildman–Crippen LogP) is 6.72. The molecule has 2 aromatic carbocycles. The van der Waals surface area contributed by atoms with Crippen molar-refractivity contribution >= 4 is 10.9 Å². The Morgan fingerprint density at radius 1 is 0.812 bits per heavy atom. The highest BCUT2D eigenvalue weighted by Gasteiger charge is 2.17. The number of aromatic nitrogens is 1. The van der Waals surface area contributed by atoms with Crippen LogP contribution in [0.4, 0.5) is 0 Å². The largest absolute Gasteiger partial charge is 0.347 e. The fourth-order valence-corrected chi connectivity index (χ4v) is 5.00. The number of hydrogen-bond acceptors (Lipinski definition) is 2. The van der Waals surface area contributed by atoms with Crippen LogP contribution in [0.1, 0.15) is 56.6 Å². The highest BCUT2D eigenvalue weighted by atomic mass is 15.2. The second-order valence-electron chi connectivity index (χ2n) is 9.80. The van der Waals surface area contributed by atoms with Crippen LogP contribution in [0.15, 0.2) is 48.7 Å². The zero-order chi connectivity index (χ0) is 22.3. The summed E-state index contributed by atoms with van der Waals surface area (Å²) in [6, 6.07) is 16.0. The van der Waals surface area contributed by atoms with Crippen molar-refractivity contribution < 1.29 is 0 Å². The van der Waals surface area contributed by atoms with Gasteiger partial charge in [-0.25, -0.2) is 0 Å². The molecule has 0 bridgehead atoms. The second-order valence-corrected chi connectivity index (χ2v) is 9.80. The summed E-state index contributed by atoms with van der Waals surface area (Å²) >= 11 is 0. The minimum atomic E-state index is 1.06. The molecule has 3 aromatic rings. The molecule has 1 fully saturated rings. The van der Waals surface area contributed by atoms with Crippen LogP contribution in [-0.2, 0) is 13.1 Å². The third-order valence-corrected chi connectivity index (χ3v) is 7.06. The third kappa shape index (κ3) is 5.82. The average molecular weight is 432 g/mol. The summed E-state index contributed by atoms with van der Waals surface area (Å²) < 4.78 is 2.53. The van der Waals surface area contributed by atoms with E-state index in [0.717, 1.165) is 26.2 Å². The van der Waals surface area contributed by atoms with Crippen LogP contribution >= 0.6 is 0 Å². The summed E-state index contributed by atoms with van der Waals surface area (Å²) in [6.45, 7) is 11.3. The standard InChI is InChI=1S/C29H41N3/c1-4-5-6-7-8-9-15-32-23-27(22-31-18-16-30(3)17-19-31)28-21-26(13-14-29(28)32)25-12-10-11-24(2)20-25/h10-14,20-21,23H,4-9,15-19,22H2,1-3H3. The highest BCUT2D eigenvalue weighted by Crippen LogP contribution is 2.30. The summed E-state index contributed by atoms with van der Waals surface area (Å²) in [6.07, 6.45) is 10.5. The fourth-order valence-electron chi connectivity index (χ4n) is 5.00. The zero-order valence-corrected chi connectivity index (χ0v) is 20.4. The molecular weight excluding hydrogens is 390 g/mol. The van der Waals surface area contributed by atoms with Crippen molar-refractivity contribution in [3.8, 4) is 11.1 Å². The van der Waals surface area contributed by atoms with E-state index >= 15 is 0 Å². The lowest BCUT2D eigenvalue weighted by Crippen LogP contribution is -2.43. The number of likely N-dealkylation sites (N-methyl/N-ethyl adjacent to an activating group) is 1. The molecule has 3 heteroatoms. The molecule has 0 N–H and O–H groups in total. The van der Waals surface area contributed by atoms with Crippen LogP contribution < -0.4 is 0 Å². The second kappa shape index (κ2) is 11.2. The first-order chi connectivity index (χ1) is 15.6. The van der Waals surface area contributed by atoms with Crippen molar-refractivity contribution in [3.63, 3.8) is 0 Å². The van der Waals surface area contributed by atoms with Gasteiger partial charge in [0.05, 0.1) is 0 Å². The Balaban J connectivity index is 1.57. The molecule has 172 valence electrons. The molecule has 1 aromatic heterocycles. The van der Waals surface area contributed by atoms with Crippen LogP contribution in [-0.4, -0.2) is 47.6 Å². The van der Waals surface area contributed by atoms with Crippen molar-refractivity contribution in [3.05, 3.63) is 59.8 Å². The molecule has 0 aliphatic carbocycles. The molecule has 1 aliphatic heterocycles. The summed E-state index contributed by atoms with van der Waals surface area (Å²) in [7, 11) is 2.23. The molecule has 1 saturated heterocycles. The minimum absolute atomic E-state index is 1.06. The van der Waals surface area contributed by atoms with E-state index in [1.165, 1.54) is 84.8 Å². The molecule has 0 amide bonds. The number of benzene rings is 2. The van der Waals surface area contributed by atoms with E-state index in [4.69, 9.17) is 0 Å². The molecule has 3 nitrogen and oxygen atoms in total. The van der Waals surface area contributed by atoms with Crippen LogP contribution in [0.5, 0.6) is 0 Å². The number of piperazine rings is 1. The highest BCUT2D eigenvalue weighted by molar-refractivity contribution is 5.88. The summed E-state index contributed by atoms with van der Waals surface area (Å²) in [4.78, 5) is 5.07. The lowest BCUT2D eigenvalue weighted by atomic mass is 10.0. The fraction of sp³-hybridized carbons (Fsp3) is 0.517. The first kappa shape index (κ1) is 23.1. The van der Waals surface area contributed by atoms with E-state index in [0.29, 0.717) is 0 Å². The van der Waals surface area contributed by atoms with Crippen molar-refractivity contribution in [2.45, 2.75) is 65.5 Å². The van der Waals surface area contributed by atoms with Gasteiger partial charge in [0.1, 0.15) is 0 Å². The Morgan fingerprint density at radius 3 is 2.34 bits per heavy atom. The van der Waals surface area contributed by atoms with Crippen LogP contribution in [0, 0.1) is 6.92 Å². The monoisotopic (exact) mass is 431 g/mol. The Kier molecular flexibility index (Phi) is 8.05. The van der Waals surface area contributed by atoms with Crippen molar-refractivity contribution in [1.29, 1.82) is 0 Å². The van der Waals surface area contributed by atoms with E-state index in [-0.39, 0.29) is 0 Å². The van der Waals surface area contributed by atoms with Crippen molar-refractivity contribution in [2.24, 2.45) is 0 Å². The lowest BCUT2D eigenvalue weighted by Gasteiger charge is -2.32. The SMILES string of the molecule is CCCCCCCCn1cc(CN2CCN(C)CC2)c2cc(-c3cccc(C)c3)ccc21. The molecular formula is C29H41N3. The van der Waals surface area contributed by atoms with Gasteiger partial charge in [0.15, 0.2) is 0 Å². The number of hydrogen-bond donors (Lipinski definition) is 0. The van der Waals surface area contributed by atoms with Crippen molar-refractivity contribution in [2.75, 3.05) is 33.2 Å². The average Bonchev–Trinajstić information content (AvgIpc) is 3.14. The van der Waals surface area contributed by atoms with E-state index in [9.17, 15) is 0 Å². The Morgan fingerprint density at radius 2 is 1.56 bits per heavy atom. The number of rotatable bonds is 10. The topological polar surface area (TPSA) is 11.4 Å². The van der Waals surface area contributed by atoms with Gasteiger partial charge in [-0.3, -0.25) is 4.90 Å². The van der Waals surface area contributed by atoms with Gasteiger partial charge < -0.3 is 9.47 Å². The summed E-state index contributed by atoms with van der Waals surface area (Å²) in [5, 5.41) is 1.44. The molecule has 0 saturated carbocycles. The molecule has 0 radical (unpaired) electrons.